The Morgan fingerprint density at radius 1 is 1.22 bits per heavy atom. The van der Waals surface area contributed by atoms with Crippen LogP contribution in [0.3, 0.4) is 0 Å². The Morgan fingerprint density at radius 2 is 1.96 bits per heavy atom. The Kier molecular flexibility index (Phi) is 4.36. The van der Waals surface area contributed by atoms with Gasteiger partial charge in [0.15, 0.2) is 0 Å². The Bertz CT molecular complexity index is 682. The lowest BCUT2D eigenvalue weighted by Crippen LogP contribution is -2.21. The third-order valence-electron chi connectivity index (χ3n) is 4.19. The van der Waals surface area contributed by atoms with E-state index < -0.39 is 11.9 Å². The molecule has 1 aliphatic rings. The minimum Gasteiger partial charge on any atom is -0.481 e. The molecule has 1 aliphatic carbocycles. The highest BCUT2D eigenvalue weighted by Gasteiger charge is 2.33. The van der Waals surface area contributed by atoms with Crippen molar-refractivity contribution in [3.05, 3.63) is 42.5 Å². The third-order valence-corrected chi connectivity index (χ3v) is 4.19. The summed E-state index contributed by atoms with van der Waals surface area (Å²) in [7, 11) is 0. The van der Waals surface area contributed by atoms with Crippen molar-refractivity contribution in [2.75, 3.05) is 5.32 Å². The first-order valence-corrected chi connectivity index (χ1v) is 7.57. The number of carbonyl (C=O) groups is 2. The predicted molar refractivity (Wildman–Crippen MR) is 82.7 cm³/mol. The molecule has 1 aromatic heterocycles. The molecule has 2 atom stereocenters. The molecule has 0 bridgehead atoms. The number of benzene rings is 1. The second kappa shape index (κ2) is 6.60. The summed E-state index contributed by atoms with van der Waals surface area (Å²) in [6.07, 6.45) is 4.76. The van der Waals surface area contributed by atoms with E-state index >= 15 is 0 Å². The summed E-state index contributed by atoms with van der Waals surface area (Å²) in [5.74, 6) is -1.52. The minimum absolute atomic E-state index is 0.0993. The topological polar surface area (TPSA) is 97.1 Å². The maximum absolute atomic E-state index is 12.2. The second-order valence-corrected chi connectivity index (χ2v) is 5.82. The Balaban J connectivity index is 1.56. The van der Waals surface area contributed by atoms with Crippen LogP contribution in [0.5, 0.6) is 0 Å². The average molecular weight is 314 g/mol. The Labute approximate surface area is 133 Å². The summed E-state index contributed by atoms with van der Waals surface area (Å²) in [6.45, 7) is 0.622. The monoisotopic (exact) mass is 314 g/mol. The van der Waals surface area contributed by atoms with E-state index in [4.69, 9.17) is 5.11 Å². The number of anilines is 1. The van der Waals surface area contributed by atoms with Crippen molar-refractivity contribution in [2.24, 2.45) is 11.8 Å². The molecule has 23 heavy (non-hydrogen) atoms. The summed E-state index contributed by atoms with van der Waals surface area (Å²) < 4.78 is 1.72. The molecule has 7 heteroatoms. The zero-order chi connectivity index (χ0) is 16.2. The third kappa shape index (κ3) is 3.74. The molecule has 0 unspecified atom stereocenters. The van der Waals surface area contributed by atoms with Gasteiger partial charge in [0.05, 0.1) is 12.5 Å². The van der Waals surface area contributed by atoms with Gasteiger partial charge >= 0.3 is 5.97 Å². The second-order valence-electron chi connectivity index (χ2n) is 5.82. The van der Waals surface area contributed by atoms with Gasteiger partial charge in [0.25, 0.3) is 0 Å². The van der Waals surface area contributed by atoms with E-state index in [0.29, 0.717) is 25.8 Å². The fraction of sp³-hybridized carbons (Fsp3) is 0.375. The first-order chi connectivity index (χ1) is 11.1. The number of carbonyl (C=O) groups excluding carboxylic acids is 1. The quantitative estimate of drug-likeness (QED) is 0.876. The Morgan fingerprint density at radius 3 is 2.57 bits per heavy atom. The first-order valence-electron chi connectivity index (χ1n) is 7.57. The number of carboxylic acid groups (broad SMARTS) is 1. The molecule has 3 rings (SSSR count). The zero-order valence-corrected chi connectivity index (χ0v) is 12.6. The largest absolute Gasteiger partial charge is 0.481 e. The lowest BCUT2D eigenvalue weighted by Gasteiger charge is -2.11. The molecule has 0 aliphatic heterocycles. The van der Waals surface area contributed by atoms with Gasteiger partial charge in [-0.2, -0.15) is 5.10 Å². The highest BCUT2D eigenvalue weighted by molar-refractivity contribution is 5.93. The molecule has 0 radical (unpaired) electrons. The van der Waals surface area contributed by atoms with Crippen molar-refractivity contribution in [3.8, 4) is 0 Å². The van der Waals surface area contributed by atoms with Gasteiger partial charge in [0, 0.05) is 11.6 Å². The highest BCUT2D eigenvalue weighted by Crippen LogP contribution is 2.31. The van der Waals surface area contributed by atoms with Crippen LogP contribution in [0.15, 0.2) is 36.9 Å². The fourth-order valence-corrected chi connectivity index (χ4v) is 2.88. The normalized spacial score (nSPS) is 20.3. The predicted octanol–water partition coefficient (Wildman–Crippen LogP) is 1.77. The smallest absolute Gasteiger partial charge is 0.306 e. The number of aromatic nitrogens is 3. The molecule has 1 saturated carbocycles. The molecule has 0 spiro atoms. The van der Waals surface area contributed by atoms with E-state index in [1.165, 1.54) is 6.33 Å². The molecule has 1 aromatic carbocycles. The van der Waals surface area contributed by atoms with Gasteiger partial charge in [-0.25, -0.2) is 9.67 Å². The number of carboxylic acids is 1. The molecule has 120 valence electrons. The zero-order valence-electron chi connectivity index (χ0n) is 12.6. The van der Waals surface area contributed by atoms with Gasteiger partial charge in [-0.05, 0) is 37.0 Å². The SMILES string of the molecule is O=C(O)[C@@H]1CC[C@H](C(=O)Nc2ccc(Cn3cncn3)cc2)C1. The van der Waals surface area contributed by atoms with E-state index in [0.717, 1.165) is 11.3 Å². The van der Waals surface area contributed by atoms with Crippen molar-refractivity contribution in [1.82, 2.24) is 14.8 Å². The number of hydrogen-bond acceptors (Lipinski definition) is 4. The number of hydrogen-bond donors (Lipinski definition) is 2. The average Bonchev–Trinajstić information content (AvgIpc) is 3.20. The van der Waals surface area contributed by atoms with E-state index in [1.807, 2.05) is 24.3 Å². The van der Waals surface area contributed by atoms with Crippen molar-refractivity contribution < 1.29 is 14.7 Å². The summed E-state index contributed by atoms with van der Waals surface area (Å²) in [5, 5.41) is 15.9. The summed E-state index contributed by atoms with van der Waals surface area (Å²) in [4.78, 5) is 27.0. The minimum atomic E-state index is -0.808. The highest BCUT2D eigenvalue weighted by atomic mass is 16.4. The lowest BCUT2D eigenvalue weighted by atomic mass is 10.0. The van der Waals surface area contributed by atoms with E-state index in [2.05, 4.69) is 15.4 Å². The van der Waals surface area contributed by atoms with Crippen LogP contribution in [0.4, 0.5) is 5.69 Å². The lowest BCUT2D eigenvalue weighted by molar-refractivity contribution is -0.141. The van der Waals surface area contributed by atoms with Gasteiger partial charge in [0.1, 0.15) is 12.7 Å². The summed E-state index contributed by atoms with van der Waals surface area (Å²) >= 11 is 0. The number of aliphatic carboxylic acids is 1. The van der Waals surface area contributed by atoms with Crippen molar-refractivity contribution >= 4 is 17.6 Å². The van der Waals surface area contributed by atoms with Crippen molar-refractivity contribution in [3.63, 3.8) is 0 Å². The molecule has 0 saturated heterocycles. The van der Waals surface area contributed by atoms with Crippen molar-refractivity contribution in [1.29, 1.82) is 0 Å². The van der Waals surface area contributed by atoms with Gasteiger partial charge in [-0.1, -0.05) is 12.1 Å². The number of nitrogens with one attached hydrogen (secondary N) is 1. The van der Waals surface area contributed by atoms with Crippen LogP contribution in [0.2, 0.25) is 0 Å². The van der Waals surface area contributed by atoms with Crippen LogP contribution < -0.4 is 5.32 Å². The van der Waals surface area contributed by atoms with Crippen LogP contribution in [0, 0.1) is 11.8 Å². The van der Waals surface area contributed by atoms with E-state index in [1.54, 1.807) is 11.0 Å². The number of nitrogens with zero attached hydrogens (tertiary/aromatic N) is 3. The molecular weight excluding hydrogens is 296 g/mol. The molecule has 2 aromatic rings. The molecule has 1 fully saturated rings. The standard InChI is InChI=1S/C16H18N4O3/c21-15(12-3-4-13(7-12)16(22)23)19-14-5-1-11(2-6-14)8-20-10-17-9-18-20/h1-2,5-6,9-10,12-13H,3-4,7-8H2,(H,19,21)(H,22,23)/t12-,13+/m0/s1. The molecule has 2 N–H and O–H groups in total. The van der Waals surface area contributed by atoms with Crippen LogP contribution in [0.1, 0.15) is 24.8 Å². The van der Waals surface area contributed by atoms with E-state index in [9.17, 15) is 9.59 Å². The number of rotatable bonds is 5. The first kappa shape index (κ1) is 15.2. The van der Waals surface area contributed by atoms with E-state index in [-0.39, 0.29) is 11.8 Å². The summed E-state index contributed by atoms with van der Waals surface area (Å²) in [5.41, 5.74) is 1.77. The van der Waals surface area contributed by atoms with Gasteiger partial charge in [0.2, 0.25) is 5.91 Å². The molecular formula is C16H18N4O3. The Hall–Kier alpha value is -2.70. The fourth-order valence-electron chi connectivity index (χ4n) is 2.88. The maximum atomic E-state index is 12.2. The van der Waals surface area contributed by atoms with Crippen LogP contribution in [0.25, 0.3) is 0 Å². The number of amides is 1. The molecule has 7 nitrogen and oxygen atoms in total. The van der Waals surface area contributed by atoms with Crippen LogP contribution in [-0.2, 0) is 16.1 Å². The molecule has 1 heterocycles. The van der Waals surface area contributed by atoms with Gasteiger partial charge in [-0.3, -0.25) is 9.59 Å². The maximum Gasteiger partial charge on any atom is 0.306 e. The van der Waals surface area contributed by atoms with Crippen molar-refractivity contribution in [2.45, 2.75) is 25.8 Å². The summed E-state index contributed by atoms with van der Waals surface area (Å²) in [6, 6.07) is 7.53. The van der Waals surface area contributed by atoms with Crippen LogP contribution in [-0.4, -0.2) is 31.7 Å². The van der Waals surface area contributed by atoms with Crippen LogP contribution >= 0.6 is 0 Å². The van der Waals surface area contributed by atoms with Gasteiger partial charge in [-0.15, -0.1) is 0 Å². The molecule has 1 amide bonds. The van der Waals surface area contributed by atoms with Gasteiger partial charge < -0.3 is 10.4 Å².